The maximum absolute atomic E-state index is 12.7. The van der Waals surface area contributed by atoms with Gasteiger partial charge in [0.2, 0.25) is 5.01 Å². The summed E-state index contributed by atoms with van der Waals surface area (Å²) in [6.45, 7) is 1.22. The zero-order valence-corrected chi connectivity index (χ0v) is 17.9. The van der Waals surface area contributed by atoms with Crippen LogP contribution >= 0.6 is 11.3 Å². The molecule has 1 saturated heterocycles. The van der Waals surface area contributed by atoms with Crippen LogP contribution in [-0.4, -0.2) is 47.2 Å². The van der Waals surface area contributed by atoms with E-state index in [0.717, 1.165) is 23.6 Å². The summed E-state index contributed by atoms with van der Waals surface area (Å²) in [6, 6.07) is 16.3. The van der Waals surface area contributed by atoms with Crippen LogP contribution in [0.3, 0.4) is 0 Å². The number of carbonyl (C=O) groups is 2. The van der Waals surface area contributed by atoms with Gasteiger partial charge in [-0.25, -0.2) is 4.79 Å². The lowest BCUT2D eigenvalue weighted by atomic mass is 9.99. The van der Waals surface area contributed by atoms with Crippen molar-refractivity contribution in [2.24, 2.45) is 0 Å². The van der Waals surface area contributed by atoms with Gasteiger partial charge in [0.25, 0.3) is 5.91 Å². The molecular weight excluding hydrogens is 414 g/mol. The normalized spacial score (nSPS) is 15.9. The molecule has 3 amide bonds. The second-order valence-corrected chi connectivity index (χ2v) is 8.22. The highest BCUT2D eigenvalue weighted by atomic mass is 32.1. The molecule has 9 heteroatoms. The number of ether oxygens (including phenoxy) is 1. The maximum atomic E-state index is 12.7. The molecule has 0 radical (unpaired) electrons. The number of methoxy groups -OCH3 is 1. The van der Waals surface area contributed by atoms with Crippen LogP contribution in [-0.2, 0) is 0 Å². The molecule has 4 rings (SSSR count). The minimum atomic E-state index is -0.278. The second kappa shape index (κ2) is 9.57. The van der Waals surface area contributed by atoms with Gasteiger partial charge in [-0.15, -0.1) is 10.2 Å². The summed E-state index contributed by atoms with van der Waals surface area (Å²) in [6.07, 6.45) is 1.77. The van der Waals surface area contributed by atoms with Crippen molar-refractivity contribution < 1.29 is 14.3 Å². The fraction of sp³-hybridized carbons (Fsp3) is 0.273. The molecule has 160 valence electrons. The van der Waals surface area contributed by atoms with Crippen LogP contribution in [0.25, 0.3) is 0 Å². The van der Waals surface area contributed by atoms with Gasteiger partial charge in [0.15, 0.2) is 0 Å². The smallest absolute Gasteiger partial charge is 0.321 e. The van der Waals surface area contributed by atoms with Crippen molar-refractivity contribution in [3.05, 3.63) is 64.6 Å². The van der Waals surface area contributed by atoms with Gasteiger partial charge >= 0.3 is 6.03 Å². The van der Waals surface area contributed by atoms with Crippen LogP contribution in [0, 0.1) is 0 Å². The number of rotatable bonds is 5. The number of hydrogen-bond donors (Lipinski definition) is 2. The lowest BCUT2D eigenvalue weighted by molar-refractivity contribution is 0.102. The summed E-state index contributed by atoms with van der Waals surface area (Å²) in [7, 11) is 1.60. The molecule has 1 aliphatic rings. The zero-order valence-electron chi connectivity index (χ0n) is 17.1. The molecule has 3 aromatic rings. The van der Waals surface area contributed by atoms with Gasteiger partial charge in [-0.1, -0.05) is 29.5 Å². The van der Waals surface area contributed by atoms with Gasteiger partial charge in [-0.3, -0.25) is 4.79 Å². The van der Waals surface area contributed by atoms with E-state index in [4.69, 9.17) is 4.74 Å². The molecule has 31 heavy (non-hydrogen) atoms. The number of likely N-dealkylation sites (tertiary alicyclic amines) is 1. The molecule has 0 bridgehead atoms. The zero-order chi connectivity index (χ0) is 21.6. The summed E-state index contributed by atoms with van der Waals surface area (Å²) in [4.78, 5) is 26.9. The Balaban J connectivity index is 1.37. The highest BCUT2D eigenvalue weighted by Gasteiger charge is 2.28. The summed E-state index contributed by atoms with van der Waals surface area (Å²) >= 11 is 1.28. The van der Waals surface area contributed by atoms with Gasteiger partial charge < -0.3 is 20.3 Å². The van der Waals surface area contributed by atoms with Crippen molar-refractivity contribution in [1.29, 1.82) is 0 Å². The number of nitrogens with one attached hydrogen (secondary N) is 2. The fourth-order valence-corrected chi connectivity index (χ4v) is 4.30. The third kappa shape index (κ3) is 5.18. The molecular formula is C22H23N5O3S. The molecule has 0 aliphatic carbocycles. The van der Waals surface area contributed by atoms with Gasteiger partial charge in [0, 0.05) is 30.4 Å². The number of nitrogens with zero attached hydrogens (tertiary/aromatic N) is 3. The van der Waals surface area contributed by atoms with E-state index in [9.17, 15) is 9.59 Å². The minimum absolute atomic E-state index is 0.0612. The minimum Gasteiger partial charge on any atom is -0.497 e. The van der Waals surface area contributed by atoms with Crippen LogP contribution in [0.4, 0.5) is 16.2 Å². The first-order chi connectivity index (χ1) is 15.1. The Kier molecular flexibility index (Phi) is 6.42. The van der Waals surface area contributed by atoms with Crippen LogP contribution in [0.15, 0.2) is 54.6 Å². The predicted molar refractivity (Wildman–Crippen MR) is 120 cm³/mol. The molecule has 0 spiro atoms. The maximum Gasteiger partial charge on any atom is 0.321 e. The molecule has 1 aromatic heterocycles. The lowest BCUT2D eigenvalue weighted by Gasteiger charge is -2.31. The summed E-state index contributed by atoms with van der Waals surface area (Å²) in [5.74, 6) is 0.519. The summed E-state index contributed by atoms with van der Waals surface area (Å²) in [5.41, 5.74) is 1.42. The molecule has 2 aromatic carbocycles. The number of para-hydroxylation sites is 1. The van der Waals surface area contributed by atoms with Gasteiger partial charge in [-0.05, 0) is 49.2 Å². The fourth-order valence-electron chi connectivity index (χ4n) is 3.44. The number of piperidine rings is 1. The first-order valence-electron chi connectivity index (χ1n) is 10.0. The summed E-state index contributed by atoms with van der Waals surface area (Å²) in [5, 5.41) is 15.1. The molecule has 1 unspecified atom stereocenters. The van der Waals surface area contributed by atoms with Crippen molar-refractivity contribution in [2.45, 2.75) is 18.8 Å². The number of anilines is 2. The number of hydrogen-bond acceptors (Lipinski definition) is 6. The Hall–Kier alpha value is -3.46. The van der Waals surface area contributed by atoms with Crippen LogP contribution in [0.5, 0.6) is 5.75 Å². The standard InChI is InChI=1S/C22H23N5O3S/c1-30-18-11-9-17(10-12-18)24-22(29)27-13-5-6-15(14-27)20-25-26-21(31-20)19(28)23-16-7-3-2-4-8-16/h2-4,7-12,15H,5-6,13-14H2,1H3,(H,23,28)(H,24,29). The van der Waals surface area contributed by atoms with Crippen molar-refractivity contribution in [3.63, 3.8) is 0 Å². The van der Waals surface area contributed by atoms with E-state index >= 15 is 0 Å². The van der Waals surface area contributed by atoms with Crippen LogP contribution < -0.4 is 15.4 Å². The van der Waals surface area contributed by atoms with Crippen molar-refractivity contribution in [3.8, 4) is 5.75 Å². The van der Waals surface area contributed by atoms with E-state index in [1.54, 1.807) is 36.3 Å². The Bertz CT molecular complexity index is 1040. The first-order valence-corrected chi connectivity index (χ1v) is 10.8. The molecule has 2 heterocycles. The molecule has 1 fully saturated rings. The Morgan fingerprint density at radius 1 is 1.03 bits per heavy atom. The van der Waals surface area contributed by atoms with Crippen molar-refractivity contribution in [2.75, 3.05) is 30.8 Å². The number of benzene rings is 2. The largest absolute Gasteiger partial charge is 0.497 e. The average Bonchev–Trinajstić information content (AvgIpc) is 3.31. The monoisotopic (exact) mass is 437 g/mol. The van der Waals surface area contributed by atoms with E-state index in [1.165, 1.54) is 11.3 Å². The van der Waals surface area contributed by atoms with Crippen molar-refractivity contribution in [1.82, 2.24) is 15.1 Å². The van der Waals surface area contributed by atoms with E-state index < -0.39 is 0 Å². The Morgan fingerprint density at radius 2 is 1.77 bits per heavy atom. The van der Waals surface area contributed by atoms with Crippen LogP contribution in [0.2, 0.25) is 0 Å². The van der Waals surface area contributed by atoms with Gasteiger partial charge in [0.05, 0.1) is 7.11 Å². The number of carbonyl (C=O) groups excluding carboxylic acids is 2. The third-order valence-corrected chi connectivity index (χ3v) is 6.15. The first kappa shape index (κ1) is 20.8. The molecule has 1 aliphatic heterocycles. The molecule has 0 saturated carbocycles. The number of urea groups is 1. The predicted octanol–water partition coefficient (Wildman–Crippen LogP) is 4.21. The van der Waals surface area contributed by atoms with Gasteiger partial charge in [0.1, 0.15) is 10.8 Å². The highest BCUT2D eigenvalue weighted by Crippen LogP contribution is 2.30. The quantitative estimate of drug-likeness (QED) is 0.623. The van der Waals surface area contributed by atoms with E-state index in [-0.39, 0.29) is 17.9 Å². The SMILES string of the molecule is COc1ccc(NC(=O)N2CCCC(c3nnc(C(=O)Nc4ccccc4)s3)C2)cc1. The summed E-state index contributed by atoms with van der Waals surface area (Å²) < 4.78 is 5.14. The van der Waals surface area contributed by atoms with E-state index in [0.29, 0.717) is 29.5 Å². The molecule has 1 atom stereocenters. The van der Waals surface area contributed by atoms with E-state index in [1.807, 2.05) is 30.3 Å². The molecule has 8 nitrogen and oxygen atoms in total. The second-order valence-electron chi connectivity index (χ2n) is 7.21. The van der Waals surface area contributed by atoms with Crippen molar-refractivity contribution >= 4 is 34.6 Å². The van der Waals surface area contributed by atoms with Crippen LogP contribution in [0.1, 0.15) is 33.6 Å². The third-order valence-electron chi connectivity index (χ3n) is 5.07. The topological polar surface area (TPSA) is 96.4 Å². The lowest BCUT2D eigenvalue weighted by Crippen LogP contribution is -2.41. The number of aromatic nitrogens is 2. The average molecular weight is 438 g/mol. The van der Waals surface area contributed by atoms with Gasteiger partial charge in [-0.2, -0.15) is 0 Å². The highest BCUT2D eigenvalue weighted by molar-refractivity contribution is 7.13. The number of amides is 3. The Morgan fingerprint density at radius 3 is 2.52 bits per heavy atom. The van der Waals surface area contributed by atoms with E-state index in [2.05, 4.69) is 20.8 Å². The Labute approximate surface area is 184 Å². The molecule has 2 N–H and O–H groups in total.